The first-order valence-corrected chi connectivity index (χ1v) is 52.0. The Kier molecular flexibility index (Phi) is 36.8. The van der Waals surface area contributed by atoms with Crippen LogP contribution in [0.15, 0.2) is 211 Å². The monoisotopic (exact) mass is 1960 g/mol. The van der Waals surface area contributed by atoms with E-state index in [4.69, 9.17) is 20.0 Å². The van der Waals surface area contributed by atoms with Gasteiger partial charge in [-0.05, 0) is 256 Å². The summed E-state index contributed by atoms with van der Waals surface area (Å²) in [6.07, 6.45) is 13.8. The number of sulfone groups is 1. The van der Waals surface area contributed by atoms with E-state index in [9.17, 15) is 66.1 Å². The van der Waals surface area contributed by atoms with Gasteiger partial charge in [-0.2, -0.15) is 15.3 Å². The van der Waals surface area contributed by atoms with E-state index in [-0.39, 0.29) is 77.4 Å². The molecule has 29 heteroatoms. The zero-order valence-electron chi connectivity index (χ0n) is 84.5. The number of fused-ring (bicyclic) bond motifs is 3. The van der Waals surface area contributed by atoms with Crippen LogP contribution in [0.2, 0.25) is 0 Å². The van der Waals surface area contributed by atoms with Crippen LogP contribution in [0.5, 0.6) is 5.75 Å². The zero-order chi connectivity index (χ0) is 102. The molecule has 0 saturated heterocycles. The number of unbranched alkanes of at least 4 members (excludes halogenated alkanes) is 6. The number of halogens is 2. The molecule has 0 saturated carbocycles. The molecule has 0 spiro atoms. The molecule has 6 heterocycles. The molecule has 9 aromatic carbocycles. The van der Waals surface area contributed by atoms with Crippen molar-refractivity contribution in [3.63, 3.8) is 0 Å². The van der Waals surface area contributed by atoms with Gasteiger partial charge < -0.3 is 54.8 Å². The highest BCUT2D eigenvalue weighted by molar-refractivity contribution is 7.90. The Bertz CT molecular complexity index is 6620. The molecule has 3 atom stereocenters. The van der Waals surface area contributed by atoms with E-state index in [0.717, 1.165) is 128 Å². The number of aliphatic hydroxyl groups excluding tert-OH is 3. The summed E-state index contributed by atoms with van der Waals surface area (Å²) in [5, 5.41) is 48.0. The molecule has 4 N–H and O–H groups in total. The molecule has 754 valence electrons. The number of aryl methyl sites for hydroxylation is 3. The van der Waals surface area contributed by atoms with E-state index in [1.54, 1.807) is 120 Å². The molecular formula is C114H135F2N13O13S. The summed E-state index contributed by atoms with van der Waals surface area (Å²) in [7, 11) is -1.89. The lowest BCUT2D eigenvalue weighted by Gasteiger charge is -2.36. The molecule has 0 bridgehead atoms. The van der Waals surface area contributed by atoms with Gasteiger partial charge in [-0.3, -0.25) is 33.6 Å². The van der Waals surface area contributed by atoms with Crippen molar-refractivity contribution < 1.29 is 70.8 Å². The molecular weight excluding hydrogens is 1830 g/mol. The fraction of sp³-hybridized carbons (Fsp3) is 0.386. The lowest BCUT2D eigenvalue weighted by atomic mass is 9.93. The van der Waals surface area contributed by atoms with Gasteiger partial charge in [0, 0.05) is 101 Å². The number of nitrogens with zero attached hydrogens (tertiary/aromatic N) is 12. The van der Waals surface area contributed by atoms with E-state index < -0.39 is 45.5 Å². The maximum atomic E-state index is 14.8. The second-order valence-electron chi connectivity index (χ2n) is 37.6. The third kappa shape index (κ3) is 25.7. The Hall–Kier alpha value is -13.6. The number of amides is 7. The summed E-state index contributed by atoms with van der Waals surface area (Å²) in [5.41, 5.74) is 15.6. The molecule has 0 aliphatic carbocycles. The van der Waals surface area contributed by atoms with Gasteiger partial charge in [0.05, 0.1) is 82.7 Å². The Labute approximate surface area is 838 Å². The normalized spacial score (nSPS) is 14.3. The smallest absolute Gasteiger partial charge is 0.274 e. The van der Waals surface area contributed by atoms with Gasteiger partial charge in [-0.25, -0.2) is 31.2 Å². The van der Waals surface area contributed by atoms with Crippen LogP contribution in [0.3, 0.4) is 0 Å². The molecule has 3 aromatic heterocycles. The number of ether oxygens (including phenoxy) is 1. The van der Waals surface area contributed by atoms with Crippen molar-refractivity contribution in [3.8, 4) is 56.2 Å². The Morgan fingerprint density at radius 1 is 0.399 bits per heavy atom. The average molecular weight is 1970 g/mol. The van der Waals surface area contributed by atoms with Gasteiger partial charge in [-0.15, -0.1) is 0 Å². The molecule has 26 nitrogen and oxygen atoms in total. The van der Waals surface area contributed by atoms with Crippen LogP contribution < -0.4 is 10.1 Å². The summed E-state index contributed by atoms with van der Waals surface area (Å²) < 4.78 is 64.4. The summed E-state index contributed by atoms with van der Waals surface area (Å²) in [5.74, 6) is -2.37. The summed E-state index contributed by atoms with van der Waals surface area (Å²) >= 11 is 0. The first kappa shape index (κ1) is 107. The van der Waals surface area contributed by atoms with Crippen molar-refractivity contribution >= 4 is 51.2 Å². The third-order valence-corrected chi connectivity index (χ3v) is 27.8. The maximum absolute atomic E-state index is 14.8. The minimum Gasteiger partial charge on any atom is -0.491 e. The second kappa shape index (κ2) is 49.4. The number of nitrogens with one attached hydrogen (secondary N) is 1. The molecule has 0 radical (unpaired) electrons. The minimum absolute atomic E-state index is 0.128. The molecule has 3 aliphatic rings. The van der Waals surface area contributed by atoms with Gasteiger partial charge in [0.2, 0.25) is 0 Å². The first-order valence-electron chi connectivity index (χ1n) is 50.1. The third-order valence-electron chi connectivity index (χ3n) is 26.6. The number of carbonyl (C=O) groups excluding carboxylic acids is 7. The van der Waals surface area contributed by atoms with Crippen molar-refractivity contribution in [2.24, 2.45) is 0 Å². The first-order chi connectivity index (χ1) is 68.9. The van der Waals surface area contributed by atoms with Crippen LogP contribution >= 0.6 is 0 Å². The van der Waals surface area contributed by atoms with Crippen molar-refractivity contribution in [3.05, 3.63) is 308 Å². The van der Waals surface area contributed by atoms with Crippen molar-refractivity contribution in [1.82, 2.24) is 64.1 Å². The molecule has 15 rings (SSSR count). The Balaban J connectivity index is 0.000000180. The molecule has 12 aromatic rings. The van der Waals surface area contributed by atoms with Gasteiger partial charge in [0.15, 0.2) is 26.9 Å². The average Bonchev–Trinajstić information content (AvgIpc) is 1.76. The van der Waals surface area contributed by atoms with Gasteiger partial charge in [0.1, 0.15) is 17.4 Å². The van der Waals surface area contributed by atoms with E-state index in [2.05, 4.69) is 46.9 Å². The highest BCUT2D eigenvalue weighted by Crippen LogP contribution is 2.38. The quantitative estimate of drug-likeness (QED) is 0.0281. The predicted octanol–water partition coefficient (Wildman–Crippen LogP) is 19.2. The number of rotatable bonds is 37. The standard InChI is InChI=1S/C39H47FN4O4.C38H44FN5O4.C37H44N4O5S/c1-6-8-16-42(17-9-7-2)39(47)36-18-27(5)44(41-36)37-15-14-29(31-19-32(40)23-34(21-31)48-26(3)4)22-35(37)38(46)43-24-30-13-11-10-12-28(30)20-33(43)25-45;1-5-7-15-42(16-8-6-2)38(48)34-17-25(3)44(41-34)35-14-13-27(29-18-30(36(46)40-4)20-31(39)19-29)22-33(35)37(47)43-23-28-12-10-9-11-26(28)21-32(43)24-45;1-5-7-19-39(20-8-6-2)37(44)34-21-26(3)41(38-34)35-18-15-29(27-13-16-32(17-14-27)47(4,45)46)23-33(35)36(43)40-24-30-12-10-9-11-28(30)22-31(40)25-42/h10-15,18-19,21-23,26,33,45H,6-9,16-17,20,24-25H2,1-5H3;9-14,17-20,22,32,45H,5-8,15-16,21,23-24H2,1-4H3,(H,40,46);9-18,21,23,31,42H,5-8,19-20,22,24-25H2,1-4H3/t33-;32-;31-/m000/s1. The van der Waals surface area contributed by atoms with Gasteiger partial charge >= 0.3 is 0 Å². The van der Waals surface area contributed by atoms with Crippen molar-refractivity contribution in [2.45, 2.75) is 221 Å². The Morgan fingerprint density at radius 2 is 0.699 bits per heavy atom. The fourth-order valence-electron chi connectivity index (χ4n) is 18.6. The number of aliphatic hydroxyl groups is 3. The number of carbonyl (C=O) groups is 7. The summed E-state index contributed by atoms with van der Waals surface area (Å²) in [6.45, 7) is 26.2. The van der Waals surface area contributed by atoms with Gasteiger partial charge in [-0.1, -0.05) is 183 Å². The number of hydrogen-bond acceptors (Lipinski definition) is 16. The van der Waals surface area contributed by atoms with E-state index >= 15 is 0 Å². The predicted molar refractivity (Wildman–Crippen MR) is 553 cm³/mol. The van der Waals surface area contributed by atoms with Crippen LogP contribution in [0.4, 0.5) is 8.78 Å². The minimum atomic E-state index is -3.37. The fourth-order valence-corrected chi connectivity index (χ4v) is 19.3. The summed E-state index contributed by atoms with van der Waals surface area (Å²) in [4.78, 5) is 108. The molecule has 3 aliphatic heterocycles. The lowest BCUT2D eigenvalue weighted by Crippen LogP contribution is -2.46. The largest absolute Gasteiger partial charge is 0.491 e. The molecule has 0 unspecified atom stereocenters. The van der Waals surface area contributed by atoms with Crippen LogP contribution in [0, 0.1) is 32.4 Å². The lowest BCUT2D eigenvalue weighted by molar-refractivity contribution is 0.0539. The van der Waals surface area contributed by atoms with Crippen molar-refractivity contribution in [1.29, 1.82) is 0 Å². The number of benzene rings is 9. The molecule has 7 amide bonds. The van der Waals surface area contributed by atoms with Crippen molar-refractivity contribution in [2.75, 3.05) is 72.4 Å². The SMILES string of the molecule is CCCCN(CCCC)C(=O)c1cc(C)n(-c2ccc(-c3cc(F)cc(C(=O)NC)c3)cc2C(=O)N2Cc3ccccc3C[C@H]2CO)n1.CCCCN(CCCC)C(=O)c1cc(C)n(-c2ccc(-c3cc(F)cc(OC(C)C)c3)cc2C(=O)N2Cc3ccccc3C[C@H]2CO)n1.CCCCN(CCCC)C(=O)c1cc(C)n(-c2ccc(-c3ccc(S(C)(=O)=O)cc3)cc2C(=O)N2Cc3ccccc3C[C@H]2CO)n1. The van der Waals surface area contributed by atoms with Crippen LogP contribution in [-0.4, -0.2) is 220 Å². The highest BCUT2D eigenvalue weighted by atomic mass is 32.2. The maximum Gasteiger partial charge on any atom is 0.274 e. The van der Waals surface area contributed by atoms with E-state index in [1.165, 1.54) is 31.5 Å². The highest BCUT2D eigenvalue weighted by Gasteiger charge is 2.38. The van der Waals surface area contributed by atoms with Crippen LogP contribution in [0.25, 0.3) is 50.4 Å². The van der Waals surface area contributed by atoms with E-state index in [0.29, 0.717) is 169 Å². The zero-order valence-corrected chi connectivity index (χ0v) is 85.3. The molecule has 0 fully saturated rings. The second-order valence-corrected chi connectivity index (χ2v) is 39.6. The topological polar surface area (TPSA) is 308 Å². The van der Waals surface area contributed by atoms with E-state index in [1.807, 2.05) is 140 Å². The number of hydrogen-bond donors (Lipinski definition) is 4. The van der Waals surface area contributed by atoms with Gasteiger partial charge in [0.25, 0.3) is 41.4 Å². The van der Waals surface area contributed by atoms with Crippen LogP contribution in [-0.2, 0) is 48.7 Å². The number of aromatic nitrogens is 6. The summed E-state index contributed by atoms with van der Waals surface area (Å²) in [6, 6.07) is 58.9. The molecule has 143 heavy (non-hydrogen) atoms. The van der Waals surface area contributed by atoms with Crippen LogP contribution in [0.1, 0.15) is 256 Å². The Morgan fingerprint density at radius 3 is 1.00 bits per heavy atom.